The van der Waals surface area contributed by atoms with Gasteiger partial charge in [-0.05, 0) is 289 Å². The summed E-state index contributed by atoms with van der Waals surface area (Å²) in [4.78, 5) is 0. The van der Waals surface area contributed by atoms with E-state index in [2.05, 4.69) is 586 Å². The highest BCUT2D eigenvalue weighted by molar-refractivity contribution is 6.18. The average molecular weight is 1830 g/mol. The van der Waals surface area contributed by atoms with Crippen LogP contribution in [-0.2, 0) is 0 Å². The van der Waals surface area contributed by atoms with Gasteiger partial charge < -0.3 is 27.4 Å². The van der Waals surface area contributed by atoms with Gasteiger partial charge in [-0.2, -0.15) is 0 Å². The third-order valence-corrected chi connectivity index (χ3v) is 29.2. The largest absolute Gasteiger partial charge is 0.309 e. The minimum atomic E-state index is 1.16. The Bertz CT molecular complexity index is 9540. The first-order valence-electron chi connectivity index (χ1n) is 49.5. The Labute approximate surface area is 833 Å². The van der Waals surface area contributed by atoms with E-state index in [1.165, 1.54) is 231 Å². The third-order valence-electron chi connectivity index (χ3n) is 29.2. The molecule has 0 aliphatic carbocycles. The van der Waals surface area contributed by atoms with Crippen LogP contribution >= 0.6 is 0 Å². The lowest BCUT2D eigenvalue weighted by Crippen LogP contribution is -1.94. The van der Waals surface area contributed by atoms with Crippen LogP contribution in [0.15, 0.2) is 558 Å². The first kappa shape index (κ1) is 84.2. The molecule has 0 spiro atoms. The van der Waals surface area contributed by atoms with Gasteiger partial charge in [0.2, 0.25) is 0 Å². The summed E-state index contributed by atoms with van der Waals surface area (Å²) in [5.41, 5.74) is 41.0. The molecule has 29 rings (SSSR count). The Balaban J connectivity index is 0.000000108. The van der Waals surface area contributed by atoms with Gasteiger partial charge in [0.1, 0.15) is 0 Å². The summed E-state index contributed by atoms with van der Waals surface area (Å²) < 4.78 is 14.3. The van der Waals surface area contributed by atoms with E-state index >= 15 is 0 Å². The van der Waals surface area contributed by atoms with Crippen molar-refractivity contribution in [3.05, 3.63) is 558 Å². The van der Waals surface area contributed by atoms with E-state index < -0.39 is 0 Å². The van der Waals surface area contributed by atoms with E-state index in [9.17, 15) is 0 Å². The van der Waals surface area contributed by atoms with E-state index in [1.54, 1.807) is 0 Å². The normalized spacial score (nSPS) is 11.6. The van der Waals surface area contributed by atoms with Crippen molar-refractivity contribution in [2.75, 3.05) is 0 Å². The van der Waals surface area contributed by atoms with E-state index in [4.69, 9.17) is 0 Å². The molecule has 0 bridgehead atoms. The number of rotatable bonds is 14. The number of aromatic nitrogens is 6. The second-order valence-corrected chi connectivity index (χ2v) is 37.4. The Morgan fingerprint density at radius 2 is 0.194 bits per heavy atom. The van der Waals surface area contributed by atoms with Crippen molar-refractivity contribution in [3.8, 4) is 123 Å². The molecule has 144 heavy (non-hydrogen) atoms. The van der Waals surface area contributed by atoms with E-state index in [0.717, 1.165) is 22.7 Å². The number of para-hydroxylation sites is 7. The lowest BCUT2D eigenvalue weighted by atomic mass is 9.98. The Morgan fingerprint density at radius 3 is 0.382 bits per heavy atom. The maximum absolute atomic E-state index is 2.39. The van der Waals surface area contributed by atoms with Crippen molar-refractivity contribution in [1.82, 2.24) is 27.4 Å². The van der Waals surface area contributed by atoms with Crippen LogP contribution in [0.3, 0.4) is 0 Å². The second kappa shape index (κ2) is 35.7. The molecule has 6 aromatic heterocycles. The van der Waals surface area contributed by atoms with Crippen LogP contribution in [0.2, 0.25) is 0 Å². The van der Waals surface area contributed by atoms with Crippen LogP contribution in [0, 0.1) is 0 Å². The molecule has 0 fully saturated rings. The van der Waals surface area contributed by atoms with Gasteiger partial charge in [-0.25, -0.2) is 0 Å². The zero-order chi connectivity index (χ0) is 95.1. The molecule has 0 aliphatic rings. The number of hydrogen-bond donors (Lipinski definition) is 0. The molecule has 23 aromatic carbocycles. The van der Waals surface area contributed by atoms with E-state index in [0.29, 0.717) is 0 Å². The second-order valence-electron chi connectivity index (χ2n) is 37.4. The highest BCUT2D eigenvalue weighted by Gasteiger charge is 2.24. The number of hydrogen-bond acceptors (Lipinski definition) is 0. The lowest BCUT2D eigenvalue weighted by molar-refractivity contribution is 1.18. The molecule has 6 nitrogen and oxygen atoms in total. The molecule has 0 saturated carbocycles. The molecule has 0 aliphatic heterocycles. The fourth-order valence-corrected chi connectivity index (χ4v) is 22.3. The summed E-state index contributed by atoms with van der Waals surface area (Å²) in [5.74, 6) is 0. The quantitative estimate of drug-likeness (QED) is 0.104. The molecule has 0 atom stereocenters. The van der Waals surface area contributed by atoms with Crippen LogP contribution < -0.4 is 0 Å². The summed E-state index contributed by atoms with van der Waals surface area (Å²) in [5, 5.41) is 15.1. The first-order valence-corrected chi connectivity index (χ1v) is 49.5. The van der Waals surface area contributed by atoms with Crippen molar-refractivity contribution in [1.29, 1.82) is 0 Å². The van der Waals surface area contributed by atoms with Crippen LogP contribution in [0.25, 0.3) is 254 Å². The van der Waals surface area contributed by atoms with Gasteiger partial charge in [0.25, 0.3) is 0 Å². The average Bonchev–Trinajstić information content (AvgIpc) is 1.58. The van der Waals surface area contributed by atoms with Gasteiger partial charge in [0.15, 0.2) is 0 Å². The highest BCUT2D eigenvalue weighted by atomic mass is 15.0. The van der Waals surface area contributed by atoms with E-state index in [-0.39, 0.29) is 0 Å². The first-order chi connectivity index (χ1) is 71.4. The standard InChI is InChI=1S/2C48H32N2.C42H28N2/c1-5-13-33(14-6-1)35-21-25-45-41(29-35)43-31-37(23-27-47(43)49(45)39-17-9-3-10-18-39)38-24-28-48-44(32-38)42-30-36(34-15-7-2-8-16-34)22-26-46(42)50(48)40-19-11-4-12-20-40;1-3-11-33(12-4-1)35-19-25-39(26-20-35)49-45-17-9-7-15-41(45)43-31-37(23-29-47(43)49)38-24-30-48-44(32-38)42-16-8-10-18-46(42)50(48)40-27-21-36(22-28-40)34-13-5-2-6-14-34;1-4-12-29(13-5-1)30-20-23-41-37(26-30)38-28-32(22-25-42(38)44(41)34-16-8-3-9-17-34)31-21-24-40-36(27-31)35-18-10-11-19-39(35)43(40)33-14-6-2-7-15-33/h2*1-32H;1-28H. The molecule has 0 amide bonds. The minimum absolute atomic E-state index is 1.16. The Hall–Kier alpha value is -19.1. The van der Waals surface area contributed by atoms with Crippen molar-refractivity contribution in [3.63, 3.8) is 0 Å². The Kier molecular flexibility index (Phi) is 20.9. The van der Waals surface area contributed by atoms with Gasteiger partial charge in [0.05, 0.1) is 66.2 Å². The van der Waals surface area contributed by atoms with Crippen molar-refractivity contribution < 1.29 is 0 Å². The molecule has 6 heterocycles. The van der Waals surface area contributed by atoms with Crippen LogP contribution in [-0.4, -0.2) is 27.4 Å². The van der Waals surface area contributed by atoms with Crippen LogP contribution in [0.1, 0.15) is 0 Å². The summed E-state index contributed by atoms with van der Waals surface area (Å²) in [6, 6.07) is 202. The van der Waals surface area contributed by atoms with Gasteiger partial charge in [-0.1, -0.05) is 358 Å². The predicted octanol–water partition coefficient (Wildman–Crippen LogP) is 37.0. The van der Waals surface area contributed by atoms with E-state index in [1.807, 2.05) is 0 Å². The maximum atomic E-state index is 2.39. The van der Waals surface area contributed by atoms with Crippen molar-refractivity contribution >= 4 is 131 Å². The number of benzene rings is 23. The maximum Gasteiger partial charge on any atom is 0.0541 e. The van der Waals surface area contributed by atoms with Gasteiger partial charge >= 0.3 is 0 Å². The fraction of sp³-hybridized carbons (Fsp3) is 0. The molecule has 0 unspecified atom stereocenters. The molecule has 0 radical (unpaired) electrons. The summed E-state index contributed by atoms with van der Waals surface area (Å²) in [6.45, 7) is 0. The van der Waals surface area contributed by atoms with Crippen molar-refractivity contribution in [2.24, 2.45) is 0 Å². The van der Waals surface area contributed by atoms with Gasteiger partial charge in [0, 0.05) is 98.8 Å². The molecule has 6 heteroatoms. The van der Waals surface area contributed by atoms with Gasteiger partial charge in [-0.3, -0.25) is 0 Å². The monoisotopic (exact) mass is 1830 g/mol. The lowest BCUT2D eigenvalue weighted by Gasteiger charge is -2.11. The molecule has 0 N–H and O–H groups in total. The SMILES string of the molecule is c1ccc(-c2ccc(-n3c4ccccc4c4cc(-c5ccc6c(c5)c5ccccc5n6-c5ccc(-c6ccccc6)cc5)ccc43)cc2)cc1.c1ccc(-c2ccc3c(c2)c2cc(-c4ccc5c(c4)c4cc(-c6ccccc6)ccc4n5-c4ccccc4)ccc2n3-c2ccccc2)cc1.c1ccc(-c2ccc3c(c2)c2cc(-c4ccc5c(c4)c4ccccc4n5-c4ccccc4)ccc2n3-c2ccccc2)cc1. The molecule has 0 saturated heterocycles. The summed E-state index contributed by atoms with van der Waals surface area (Å²) in [7, 11) is 0. The summed E-state index contributed by atoms with van der Waals surface area (Å²) in [6.07, 6.45) is 0. The Morgan fingerprint density at radius 1 is 0.0764 bits per heavy atom. The zero-order valence-electron chi connectivity index (χ0n) is 78.8. The topological polar surface area (TPSA) is 29.6 Å². The fourth-order valence-electron chi connectivity index (χ4n) is 22.3. The minimum Gasteiger partial charge on any atom is -0.309 e. The predicted molar refractivity (Wildman–Crippen MR) is 609 cm³/mol. The zero-order valence-corrected chi connectivity index (χ0v) is 78.8. The molecular weight excluding hydrogens is 1740 g/mol. The van der Waals surface area contributed by atoms with Crippen LogP contribution in [0.5, 0.6) is 0 Å². The molecule has 29 aromatic rings. The molecular formula is C138H92N6. The smallest absolute Gasteiger partial charge is 0.0541 e. The highest BCUT2D eigenvalue weighted by Crippen LogP contribution is 2.46. The van der Waals surface area contributed by atoms with Crippen molar-refractivity contribution in [2.45, 2.75) is 0 Å². The third kappa shape index (κ3) is 14.8. The molecule has 674 valence electrons. The van der Waals surface area contributed by atoms with Gasteiger partial charge in [-0.15, -0.1) is 0 Å². The number of nitrogens with zero attached hydrogens (tertiary/aromatic N) is 6. The number of fused-ring (bicyclic) bond motifs is 18. The summed E-state index contributed by atoms with van der Waals surface area (Å²) >= 11 is 0. The van der Waals surface area contributed by atoms with Crippen LogP contribution in [0.4, 0.5) is 0 Å².